The highest BCUT2D eigenvalue weighted by Gasteiger charge is 2.25. The number of aryl methyl sites for hydroxylation is 1. The number of nitrogens with one attached hydrogen (secondary N) is 1. The molecular weight excluding hydrogens is 264 g/mol. The van der Waals surface area contributed by atoms with E-state index in [4.69, 9.17) is 4.74 Å². The summed E-state index contributed by atoms with van der Waals surface area (Å²) in [5.41, 5.74) is 1.93. The SMILES string of the molecule is O=C(c1ccc(OCCCc2cnc[nH]2)cc1)C1CCC1. The van der Waals surface area contributed by atoms with E-state index in [1.54, 1.807) is 6.33 Å². The first-order chi connectivity index (χ1) is 10.3. The highest BCUT2D eigenvalue weighted by molar-refractivity contribution is 5.98. The van der Waals surface area contributed by atoms with Gasteiger partial charge in [-0.25, -0.2) is 4.98 Å². The third-order valence-corrected chi connectivity index (χ3v) is 4.03. The number of ether oxygens (including phenoxy) is 1. The second kappa shape index (κ2) is 6.57. The van der Waals surface area contributed by atoms with E-state index in [9.17, 15) is 4.79 Å². The van der Waals surface area contributed by atoms with Gasteiger partial charge in [0.15, 0.2) is 5.78 Å². The highest BCUT2D eigenvalue weighted by Crippen LogP contribution is 2.30. The number of Topliss-reactive ketones (excluding diaryl/α,β-unsaturated/α-hetero) is 1. The van der Waals surface area contributed by atoms with E-state index in [1.165, 1.54) is 6.42 Å². The van der Waals surface area contributed by atoms with Gasteiger partial charge in [-0.2, -0.15) is 0 Å². The fourth-order valence-electron chi connectivity index (χ4n) is 2.50. The van der Waals surface area contributed by atoms with Crippen molar-refractivity contribution in [1.29, 1.82) is 0 Å². The van der Waals surface area contributed by atoms with Crippen molar-refractivity contribution in [3.63, 3.8) is 0 Å². The van der Waals surface area contributed by atoms with Gasteiger partial charge in [0, 0.05) is 23.4 Å². The molecule has 1 aliphatic carbocycles. The quantitative estimate of drug-likeness (QED) is 0.626. The molecule has 1 heterocycles. The molecule has 0 bridgehead atoms. The molecule has 1 saturated carbocycles. The number of carbonyl (C=O) groups excluding carboxylic acids is 1. The Labute approximate surface area is 124 Å². The Bertz CT molecular complexity index is 571. The van der Waals surface area contributed by atoms with Crippen LogP contribution < -0.4 is 4.74 Å². The van der Waals surface area contributed by atoms with E-state index >= 15 is 0 Å². The lowest BCUT2D eigenvalue weighted by atomic mass is 9.80. The molecule has 1 aliphatic rings. The molecule has 0 saturated heterocycles. The van der Waals surface area contributed by atoms with Gasteiger partial charge < -0.3 is 9.72 Å². The lowest BCUT2D eigenvalue weighted by Gasteiger charge is -2.23. The largest absolute Gasteiger partial charge is 0.494 e. The zero-order valence-corrected chi connectivity index (χ0v) is 12.0. The van der Waals surface area contributed by atoms with Crippen molar-refractivity contribution in [2.45, 2.75) is 32.1 Å². The fraction of sp³-hybridized carbons (Fsp3) is 0.412. The van der Waals surface area contributed by atoms with Crippen LogP contribution in [0.3, 0.4) is 0 Å². The molecule has 3 rings (SSSR count). The average molecular weight is 284 g/mol. The predicted octanol–water partition coefficient (Wildman–Crippen LogP) is 3.40. The van der Waals surface area contributed by atoms with Gasteiger partial charge in [-0.3, -0.25) is 4.79 Å². The molecule has 21 heavy (non-hydrogen) atoms. The molecule has 0 radical (unpaired) electrons. The topological polar surface area (TPSA) is 55.0 Å². The standard InChI is InChI=1S/C17H20N2O2/c20-17(13-3-1-4-13)14-6-8-16(9-7-14)21-10-2-5-15-11-18-12-19-15/h6-9,11-13H,1-5,10H2,(H,18,19). The Morgan fingerprint density at radius 3 is 2.71 bits per heavy atom. The monoisotopic (exact) mass is 284 g/mol. The van der Waals surface area contributed by atoms with Crippen LogP contribution in [0.15, 0.2) is 36.8 Å². The Morgan fingerprint density at radius 2 is 2.10 bits per heavy atom. The van der Waals surface area contributed by atoms with Gasteiger partial charge in [-0.1, -0.05) is 6.42 Å². The second-order valence-electron chi connectivity index (χ2n) is 5.55. The van der Waals surface area contributed by atoms with Crippen LogP contribution in [-0.2, 0) is 6.42 Å². The Morgan fingerprint density at radius 1 is 1.29 bits per heavy atom. The maximum atomic E-state index is 12.1. The van der Waals surface area contributed by atoms with E-state index in [-0.39, 0.29) is 11.7 Å². The van der Waals surface area contributed by atoms with Gasteiger partial charge in [0.25, 0.3) is 0 Å². The van der Waals surface area contributed by atoms with Gasteiger partial charge >= 0.3 is 0 Å². The molecule has 1 aromatic carbocycles. The number of aromatic nitrogens is 2. The third-order valence-electron chi connectivity index (χ3n) is 4.03. The van der Waals surface area contributed by atoms with Crippen molar-refractivity contribution in [1.82, 2.24) is 9.97 Å². The minimum atomic E-state index is 0.256. The normalized spacial score (nSPS) is 14.7. The Balaban J connectivity index is 1.44. The van der Waals surface area contributed by atoms with Gasteiger partial charge in [-0.05, 0) is 49.9 Å². The lowest BCUT2D eigenvalue weighted by Crippen LogP contribution is -2.21. The number of carbonyl (C=O) groups is 1. The van der Waals surface area contributed by atoms with Gasteiger partial charge in [0.05, 0.1) is 12.9 Å². The molecule has 4 heteroatoms. The Kier molecular flexibility index (Phi) is 4.34. The predicted molar refractivity (Wildman–Crippen MR) is 80.5 cm³/mol. The summed E-state index contributed by atoms with van der Waals surface area (Å²) in [6.07, 6.45) is 8.67. The van der Waals surface area contributed by atoms with E-state index in [2.05, 4.69) is 9.97 Å². The van der Waals surface area contributed by atoms with E-state index in [1.807, 2.05) is 30.5 Å². The summed E-state index contributed by atoms with van der Waals surface area (Å²) < 4.78 is 5.69. The van der Waals surface area contributed by atoms with Gasteiger partial charge in [0.1, 0.15) is 5.75 Å². The number of benzene rings is 1. The van der Waals surface area contributed by atoms with Crippen LogP contribution in [-0.4, -0.2) is 22.4 Å². The minimum Gasteiger partial charge on any atom is -0.494 e. The fourth-order valence-corrected chi connectivity index (χ4v) is 2.50. The number of H-pyrrole nitrogens is 1. The van der Waals surface area contributed by atoms with Gasteiger partial charge in [-0.15, -0.1) is 0 Å². The van der Waals surface area contributed by atoms with E-state index < -0.39 is 0 Å². The van der Waals surface area contributed by atoms with Crippen LogP contribution in [0.25, 0.3) is 0 Å². The summed E-state index contributed by atoms with van der Waals surface area (Å²) in [7, 11) is 0. The molecule has 0 spiro atoms. The molecule has 110 valence electrons. The number of hydrogen-bond donors (Lipinski definition) is 1. The second-order valence-corrected chi connectivity index (χ2v) is 5.55. The van der Waals surface area contributed by atoms with Crippen LogP contribution in [0.2, 0.25) is 0 Å². The highest BCUT2D eigenvalue weighted by atomic mass is 16.5. The maximum Gasteiger partial charge on any atom is 0.165 e. The summed E-state index contributed by atoms with van der Waals surface area (Å²) in [5, 5.41) is 0. The first-order valence-electron chi connectivity index (χ1n) is 7.57. The molecule has 0 unspecified atom stereocenters. The number of ketones is 1. The molecule has 0 atom stereocenters. The number of hydrogen-bond acceptors (Lipinski definition) is 3. The molecule has 1 aromatic heterocycles. The van der Waals surface area contributed by atoms with Crippen molar-refractivity contribution in [2.75, 3.05) is 6.61 Å². The van der Waals surface area contributed by atoms with Crippen molar-refractivity contribution in [3.8, 4) is 5.75 Å². The molecular formula is C17H20N2O2. The first kappa shape index (κ1) is 13.9. The smallest absolute Gasteiger partial charge is 0.165 e. The number of nitrogens with zero attached hydrogens (tertiary/aromatic N) is 1. The lowest BCUT2D eigenvalue weighted by molar-refractivity contribution is 0.0855. The van der Waals surface area contributed by atoms with Crippen molar-refractivity contribution in [3.05, 3.63) is 48.0 Å². The molecule has 2 aromatic rings. The average Bonchev–Trinajstić information content (AvgIpc) is 2.95. The van der Waals surface area contributed by atoms with E-state index in [0.29, 0.717) is 6.61 Å². The zero-order chi connectivity index (χ0) is 14.5. The summed E-state index contributed by atoms with van der Waals surface area (Å²) in [6, 6.07) is 7.54. The zero-order valence-electron chi connectivity index (χ0n) is 12.0. The molecule has 1 N–H and O–H groups in total. The maximum absolute atomic E-state index is 12.1. The van der Waals surface area contributed by atoms with Crippen LogP contribution in [0.1, 0.15) is 41.7 Å². The van der Waals surface area contributed by atoms with Crippen LogP contribution in [0.5, 0.6) is 5.75 Å². The molecule has 0 aliphatic heterocycles. The van der Waals surface area contributed by atoms with Gasteiger partial charge in [0.2, 0.25) is 0 Å². The van der Waals surface area contributed by atoms with E-state index in [0.717, 1.165) is 42.7 Å². The Hall–Kier alpha value is -2.10. The van der Waals surface area contributed by atoms with Crippen molar-refractivity contribution < 1.29 is 9.53 Å². The minimum absolute atomic E-state index is 0.256. The summed E-state index contributed by atoms with van der Waals surface area (Å²) in [6.45, 7) is 0.662. The summed E-state index contributed by atoms with van der Waals surface area (Å²) in [5.74, 6) is 1.36. The first-order valence-corrected chi connectivity index (χ1v) is 7.57. The van der Waals surface area contributed by atoms with Crippen LogP contribution >= 0.6 is 0 Å². The number of aromatic amines is 1. The van der Waals surface area contributed by atoms with Crippen LogP contribution in [0.4, 0.5) is 0 Å². The molecule has 0 amide bonds. The summed E-state index contributed by atoms with van der Waals surface area (Å²) >= 11 is 0. The van der Waals surface area contributed by atoms with Crippen LogP contribution in [0, 0.1) is 5.92 Å². The number of imidazole rings is 1. The number of rotatable bonds is 7. The summed E-state index contributed by atoms with van der Waals surface area (Å²) in [4.78, 5) is 19.1. The third kappa shape index (κ3) is 3.51. The molecule has 1 fully saturated rings. The van der Waals surface area contributed by atoms with Crippen molar-refractivity contribution >= 4 is 5.78 Å². The van der Waals surface area contributed by atoms with Crippen molar-refractivity contribution in [2.24, 2.45) is 5.92 Å². The molecule has 4 nitrogen and oxygen atoms in total.